The van der Waals surface area contributed by atoms with E-state index in [0.29, 0.717) is 16.0 Å². The van der Waals surface area contributed by atoms with E-state index >= 15 is 0 Å². The Morgan fingerprint density at radius 3 is 2.89 bits per heavy atom. The largest absolute Gasteiger partial charge is 0.354 e. The van der Waals surface area contributed by atoms with E-state index in [1.807, 2.05) is 0 Å². The van der Waals surface area contributed by atoms with Crippen LogP contribution in [0.4, 0.5) is 0 Å². The SMILES string of the molecule is O=c1ccn(-c2noc3ccc(Cl)cc23)c(=O)[nH]1. The first-order valence-corrected chi connectivity index (χ1v) is 5.40. The Kier molecular flexibility index (Phi) is 2.31. The number of hydrogen-bond donors (Lipinski definition) is 1. The molecule has 18 heavy (non-hydrogen) atoms. The molecule has 6 nitrogen and oxygen atoms in total. The van der Waals surface area contributed by atoms with Crippen molar-refractivity contribution in [2.24, 2.45) is 0 Å². The second kappa shape index (κ2) is 3.85. The van der Waals surface area contributed by atoms with Gasteiger partial charge in [0, 0.05) is 17.3 Å². The summed E-state index contributed by atoms with van der Waals surface area (Å²) >= 11 is 5.89. The van der Waals surface area contributed by atoms with Gasteiger partial charge in [-0.2, -0.15) is 0 Å². The molecular formula is C11H6ClN3O3. The van der Waals surface area contributed by atoms with Crippen molar-refractivity contribution in [3.8, 4) is 5.82 Å². The smallest absolute Gasteiger partial charge is 0.334 e. The topological polar surface area (TPSA) is 80.9 Å². The van der Waals surface area contributed by atoms with E-state index < -0.39 is 11.2 Å². The molecule has 2 heterocycles. The Morgan fingerprint density at radius 1 is 1.28 bits per heavy atom. The highest BCUT2D eigenvalue weighted by atomic mass is 35.5. The maximum Gasteiger partial charge on any atom is 0.334 e. The second-order valence-corrected chi connectivity index (χ2v) is 4.06. The molecule has 1 N–H and O–H groups in total. The van der Waals surface area contributed by atoms with Crippen LogP contribution in [-0.4, -0.2) is 14.7 Å². The van der Waals surface area contributed by atoms with E-state index in [4.69, 9.17) is 16.1 Å². The zero-order valence-corrected chi connectivity index (χ0v) is 9.64. The van der Waals surface area contributed by atoms with Gasteiger partial charge in [-0.05, 0) is 18.2 Å². The lowest BCUT2D eigenvalue weighted by Crippen LogP contribution is -2.27. The van der Waals surface area contributed by atoms with Gasteiger partial charge in [-0.25, -0.2) is 9.36 Å². The number of aromatic nitrogens is 3. The fourth-order valence-electron chi connectivity index (χ4n) is 1.66. The molecule has 0 atom stereocenters. The predicted molar refractivity (Wildman–Crippen MR) is 65.2 cm³/mol. The number of halogens is 1. The molecule has 7 heteroatoms. The molecule has 0 saturated heterocycles. The molecule has 0 radical (unpaired) electrons. The molecule has 0 spiro atoms. The molecule has 0 bridgehead atoms. The molecule has 1 aromatic carbocycles. The van der Waals surface area contributed by atoms with Crippen LogP contribution in [0.15, 0.2) is 44.6 Å². The molecule has 0 aliphatic rings. The quantitative estimate of drug-likeness (QED) is 0.718. The van der Waals surface area contributed by atoms with Crippen molar-refractivity contribution in [1.82, 2.24) is 14.7 Å². The normalized spacial score (nSPS) is 10.9. The summed E-state index contributed by atoms with van der Waals surface area (Å²) in [6, 6.07) is 6.19. The lowest BCUT2D eigenvalue weighted by atomic mass is 10.2. The van der Waals surface area contributed by atoms with Gasteiger partial charge in [-0.15, -0.1) is 0 Å². The molecule has 0 aliphatic heterocycles. The van der Waals surface area contributed by atoms with Crippen molar-refractivity contribution < 1.29 is 4.52 Å². The van der Waals surface area contributed by atoms with Crippen LogP contribution in [-0.2, 0) is 0 Å². The number of nitrogens with zero attached hydrogens (tertiary/aromatic N) is 2. The van der Waals surface area contributed by atoms with Crippen molar-refractivity contribution >= 4 is 22.6 Å². The summed E-state index contributed by atoms with van der Waals surface area (Å²) < 4.78 is 6.27. The first kappa shape index (κ1) is 10.8. The Morgan fingerprint density at radius 2 is 2.11 bits per heavy atom. The minimum Gasteiger partial charge on any atom is -0.354 e. The van der Waals surface area contributed by atoms with Crippen LogP contribution in [0.25, 0.3) is 16.8 Å². The van der Waals surface area contributed by atoms with Crippen LogP contribution in [0.5, 0.6) is 0 Å². The van der Waals surface area contributed by atoms with Gasteiger partial charge in [-0.1, -0.05) is 16.8 Å². The molecule has 0 amide bonds. The van der Waals surface area contributed by atoms with Gasteiger partial charge in [0.15, 0.2) is 11.4 Å². The Labute approximate surface area is 104 Å². The van der Waals surface area contributed by atoms with E-state index in [1.165, 1.54) is 16.8 Å². The number of benzene rings is 1. The van der Waals surface area contributed by atoms with Crippen molar-refractivity contribution in [2.75, 3.05) is 0 Å². The summed E-state index contributed by atoms with van der Waals surface area (Å²) in [7, 11) is 0. The van der Waals surface area contributed by atoms with Crippen molar-refractivity contribution in [3.63, 3.8) is 0 Å². The van der Waals surface area contributed by atoms with Crippen LogP contribution < -0.4 is 11.2 Å². The minimum absolute atomic E-state index is 0.286. The van der Waals surface area contributed by atoms with Crippen LogP contribution >= 0.6 is 11.6 Å². The van der Waals surface area contributed by atoms with Gasteiger partial charge in [-0.3, -0.25) is 9.78 Å². The van der Waals surface area contributed by atoms with E-state index in [9.17, 15) is 9.59 Å². The van der Waals surface area contributed by atoms with E-state index in [-0.39, 0.29) is 5.82 Å². The summed E-state index contributed by atoms with van der Waals surface area (Å²) in [6.07, 6.45) is 1.33. The number of nitrogens with one attached hydrogen (secondary N) is 1. The zero-order chi connectivity index (χ0) is 12.7. The lowest BCUT2D eigenvalue weighted by molar-refractivity contribution is 0.451. The van der Waals surface area contributed by atoms with Gasteiger partial charge in [0.1, 0.15) is 0 Å². The molecule has 0 unspecified atom stereocenters. The molecule has 0 saturated carbocycles. The molecular weight excluding hydrogens is 258 g/mol. The highest BCUT2D eigenvalue weighted by molar-refractivity contribution is 6.31. The van der Waals surface area contributed by atoms with Crippen molar-refractivity contribution in [1.29, 1.82) is 0 Å². The summed E-state index contributed by atoms with van der Waals surface area (Å²) in [5, 5.41) is 4.90. The van der Waals surface area contributed by atoms with Crippen LogP contribution in [0.1, 0.15) is 0 Å². The maximum atomic E-state index is 11.7. The zero-order valence-electron chi connectivity index (χ0n) is 8.88. The van der Waals surface area contributed by atoms with E-state index in [0.717, 1.165) is 0 Å². The number of aromatic amines is 1. The third-order valence-corrected chi connectivity index (χ3v) is 2.70. The molecule has 3 rings (SSSR count). The van der Waals surface area contributed by atoms with E-state index in [1.54, 1.807) is 18.2 Å². The van der Waals surface area contributed by atoms with Gasteiger partial charge >= 0.3 is 5.69 Å². The second-order valence-electron chi connectivity index (χ2n) is 3.63. The molecule has 2 aromatic heterocycles. The maximum absolute atomic E-state index is 11.7. The summed E-state index contributed by atoms with van der Waals surface area (Å²) in [5.74, 6) is 0.286. The highest BCUT2D eigenvalue weighted by Gasteiger charge is 2.11. The predicted octanol–water partition coefficient (Wildman–Crippen LogP) is 1.32. The number of H-pyrrole nitrogens is 1. The highest BCUT2D eigenvalue weighted by Crippen LogP contribution is 2.23. The van der Waals surface area contributed by atoms with Crippen LogP contribution in [0.2, 0.25) is 5.02 Å². The van der Waals surface area contributed by atoms with Crippen LogP contribution in [0.3, 0.4) is 0 Å². The molecule has 3 aromatic rings. The van der Waals surface area contributed by atoms with Crippen LogP contribution in [0, 0.1) is 0 Å². The van der Waals surface area contributed by atoms with Gasteiger partial charge in [0.2, 0.25) is 0 Å². The van der Waals surface area contributed by atoms with Gasteiger partial charge in [0.05, 0.1) is 5.39 Å². The average Bonchev–Trinajstić information content (AvgIpc) is 2.72. The minimum atomic E-state index is -0.585. The Bertz CT molecular complexity index is 846. The third-order valence-electron chi connectivity index (χ3n) is 2.47. The number of rotatable bonds is 1. The van der Waals surface area contributed by atoms with Crippen molar-refractivity contribution in [3.05, 3.63) is 56.3 Å². The Hall–Kier alpha value is -2.34. The summed E-state index contributed by atoms with van der Waals surface area (Å²) in [4.78, 5) is 24.8. The lowest BCUT2D eigenvalue weighted by Gasteiger charge is -1.99. The monoisotopic (exact) mass is 263 g/mol. The fraction of sp³-hybridized carbons (Fsp3) is 0. The fourth-order valence-corrected chi connectivity index (χ4v) is 1.83. The molecule has 90 valence electrons. The standard InChI is InChI=1S/C11H6ClN3O3/c12-6-1-2-8-7(5-6)10(14-18-8)15-4-3-9(16)13-11(15)17/h1-5H,(H,13,16,17). The molecule has 0 aliphatic carbocycles. The first-order chi connectivity index (χ1) is 8.65. The molecule has 0 fully saturated rings. The first-order valence-electron chi connectivity index (χ1n) is 5.02. The number of fused-ring (bicyclic) bond motifs is 1. The van der Waals surface area contributed by atoms with Crippen molar-refractivity contribution in [2.45, 2.75) is 0 Å². The van der Waals surface area contributed by atoms with E-state index in [2.05, 4.69) is 10.1 Å². The Balaban J connectivity index is 2.35. The average molecular weight is 264 g/mol. The summed E-state index contributed by atoms with van der Waals surface area (Å²) in [5.41, 5.74) is -0.549. The number of hydrogen-bond acceptors (Lipinski definition) is 4. The van der Waals surface area contributed by atoms with Gasteiger partial charge < -0.3 is 4.52 Å². The third kappa shape index (κ3) is 1.63. The van der Waals surface area contributed by atoms with Gasteiger partial charge in [0.25, 0.3) is 5.56 Å². The summed E-state index contributed by atoms with van der Waals surface area (Å²) in [6.45, 7) is 0.